The summed E-state index contributed by atoms with van der Waals surface area (Å²) in [5, 5.41) is 5.19. The Morgan fingerprint density at radius 3 is 2.57 bits per heavy atom. The van der Waals surface area contributed by atoms with Gasteiger partial charge in [-0.2, -0.15) is 0 Å². The second kappa shape index (κ2) is 7.07. The van der Waals surface area contributed by atoms with Gasteiger partial charge in [-0.25, -0.2) is 0 Å². The highest BCUT2D eigenvalue weighted by Gasteiger charge is 2.22. The monoisotopic (exact) mass is 310 g/mol. The zero-order chi connectivity index (χ0) is 16.1. The van der Waals surface area contributed by atoms with Crippen molar-refractivity contribution < 1.29 is 14.3 Å². The van der Waals surface area contributed by atoms with Gasteiger partial charge in [0.1, 0.15) is 6.10 Å². The van der Waals surface area contributed by atoms with Crippen molar-refractivity contribution >= 4 is 17.5 Å². The van der Waals surface area contributed by atoms with E-state index in [4.69, 9.17) is 4.74 Å². The van der Waals surface area contributed by atoms with Gasteiger partial charge in [-0.15, -0.1) is 0 Å². The molecule has 0 aliphatic carbocycles. The molecule has 5 heteroatoms. The first-order valence-electron chi connectivity index (χ1n) is 7.57. The van der Waals surface area contributed by atoms with Gasteiger partial charge in [0.05, 0.1) is 6.61 Å². The van der Waals surface area contributed by atoms with Gasteiger partial charge in [0.15, 0.2) is 0 Å². The summed E-state index contributed by atoms with van der Waals surface area (Å²) >= 11 is 0. The van der Waals surface area contributed by atoms with Crippen LogP contribution in [0.1, 0.15) is 17.2 Å². The molecule has 3 rings (SSSR count). The zero-order valence-corrected chi connectivity index (χ0v) is 12.6. The lowest BCUT2D eigenvalue weighted by atomic mass is 9.97. The Kier molecular flexibility index (Phi) is 4.68. The van der Waals surface area contributed by atoms with Crippen LogP contribution in [0.2, 0.25) is 0 Å². The smallest absolute Gasteiger partial charge is 0.313 e. The minimum absolute atomic E-state index is 0.214. The predicted molar refractivity (Wildman–Crippen MR) is 86.9 cm³/mol. The predicted octanol–water partition coefficient (Wildman–Crippen LogP) is 2.06. The lowest BCUT2D eigenvalue weighted by Crippen LogP contribution is -2.38. The van der Waals surface area contributed by atoms with Crippen LogP contribution < -0.4 is 10.6 Å². The molecule has 2 amide bonds. The molecule has 1 atom stereocenters. The van der Waals surface area contributed by atoms with Crippen LogP contribution in [0.15, 0.2) is 54.6 Å². The van der Waals surface area contributed by atoms with Gasteiger partial charge in [0, 0.05) is 12.2 Å². The summed E-state index contributed by atoms with van der Waals surface area (Å²) < 4.78 is 5.71. The van der Waals surface area contributed by atoms with Crippen LogP contribution in [0, 0.1) is 0 Å². The van der Waals surface area contributed by atoms with E-state index in [2.05, 4.69) is 16.7 Å². The Balaban J connectivity index is 1.56. The third-order valence-corrected chi connectivity index (χ3v) is 3.78. The maximum atomic E-state index is 11.9. The number of fused-ring (bicyclic) bond motifs is 1. The number of para-hydroxylation sites is 1. The average Bonchev–Trinajstić information content (AvgIpc) is 2.60. The fourth-order valence-corrected chi connectivity index (χ4v) is 2.62. The highest BCUT2D eigenvalue weighted by molar-refractivity contribution is 6.39. The van der Waals surface area contributed by atoms with E-state index < -0.39 is 11.8 Å². The Bertz CT molecular complexity index is 700. The molecule has 0 unspecified atom stereocenters. The van der Waals surface area contributed by atoms with Crippen molar-refractivity contribution in [3.05, 3.63) is 65.7 Å². The van der Waals surface area contributed by atoms with Gasteiger partial charge in [-0.3, -0.25) is 9.59 Å². The molecule has 0 radical (unpaired) electrons. The van der Waals surface area contributed by atoms with Crippen LogP contribution in [-0.2, 0) is 20.7 Å². The Hall–Kier alpha value is -2.66. The minimum atomic E-state index is -0.680. The van der Waals surface area contributed by atoms with Crippen molar-refractivity contribution in [2.45, 2.75) is 12.5 Å². The molecule has 0 aromatic heterocycles. The molecule has 1 aliphatic heterocycles. The van der Waals surface area contributed by atoms with Gasteiger partial charge in [0.2, 0.25) is 0 Å². The molecule has 2 aromatic rings. The molecule has 5 nitrogen and oxygen atoms in total. The van der Waals surface area contributed by atoms with E-state index in [1.807, 2.05) is 24.3 Å². The normalized spacial score (nSPS) is 16.3. The van der Waals surface area contributed by atoms with Gasteiger partial charge in [-0.1, -0.05) is 42.5 Å². The van der Waals surface area contributed by atoms with E-state index >= 15 is 0 Å². The summed E-state index contributed by atoms with van der Waals surface area (Å²) in [7, 11) is 0. The largest absolute Gasteiger partial charge is 0.371 e. The van der Waals surface area contributed by atoms with Crippen LogP contribution in [-0.4, -0.2) is 25.0 Å². The number of ether oxygens (including phenoxy) is 1. The Morgan fingerprint density at radius 1 is 1.00 bits per heavy atom. The Labute approximate surface area is 134 Å². The van der Waals surface area contributed by atoms with Gasteiger partial charge >= 0.3 is 11.8 Å². The second-order valence-corrected chi connectivity index (χ2v) is 5.34. The number of carbonyl (C=O) groups is 2. The van der Waals surface area contributed by atoms with E-state index in [0.29, 0.717) is 12.3 Å². The number of hydrogen-bond donors (Lipinski definition) is 2. The third-order valence-electron chi connectivity index (χ3n) is 3.78. The quantitative estimate of drug-likeness (QED) is 0.853. The maximum absolute atomic E-state index is 11.9. The van der Waals surface area contributed by atoms with Crippen molar-refractivity contribution in [1.82, 2.24) is 5.32 Å². The van der Waals surface area contributed by atoms with Gasteiger partial charge in [0.25, 0.3) is 0 Å². The first-order valence-corrected chi connectivity index (χ1v) is 7.57. The molecular formula is C18H18N2O3. The number of hydrogen-bond acceptors (Lipinski definition) is 3. The molecular weight excluding hydrogens is 292 g/mol. The minimum Gasteiger partial charge on any atom is -0.371 e. The van der Waals surface area contributed by atoms with Gasteiger partial charge in [-0.05, 0) is 29.7 Å². The standard InChI is InChI=1S/C18H18N2O3/c21-17(18(22)20-14-7-2-1-3-8-14)19-12-16-15-9-5-4-6-13(15)10-11-23-16/h1-9,16H,10-12H2,(H,19,21)(H,20,22)/t16-/m1/s1. The topological polar surface area (TPSA) is 67.4 Å². The first kappa shape index (κ1) is 15.2. The summed E-state index contributed by atoms with van der Waals surface area (Å²) in [5.41, 5.74) is 2.89. The summed E-state index contributed by atoms with van der Waals surface area (Å²) in [5.74, 6) is -1.35. The molecule has 23 heavy (non-hydrogen) atoms. The van der Waals surface area contributed by atoms with Crippen LogP contribution in [0.4, 0.5) is 5.69 Å². The SMILES string of the molecule is O=C(NC[C@H]1OCCc2ccccc21)C(=O)Nc1ccccc1. The first-order chi connectivity index (χ1) is 11.2. The molecule has 2 aromatic carbocycles. The molecule has 0 saturated carbocycles. The van der Waals surface area contributed by atoms with E-state index in [-0.39, 0.29) is 12.6 Å². The highest BCUT2D eigenvalue weighted by atomic mass is 16.5. The van der Waals surface area contributed by atoms with Crippen LogP contribution >= 0.6 is 0 Å². The number of nitrogens with one attached hydrogen (secondary N) is 2. The van der Waals surface area contributed by atoms with Crippen molar-refractivity contribution in [2.24, 2.45) is 0 Å². The van der Waals surface area contributed by atoms with Crippen molar-refractivity contribution in [1.29, 1.82) is 0 Å². The van der Waals surface area contributed by atoms with Gasteiger partial charge < -0.3 is 15.4 Å². The second-order valence-electron chi connectivity index (χ2n) is 5.34. The fraction of sp³-hybridized carbons (Fsp3) is 0.222. The zero-order valence-electron chi connectivity index (χ0n) is 12.6. The molecule has 2 N–H and O–H groups in total. The average molecular weight is 310 g/mol. The molecule has 1 heterocycles. The summed E-state index contributed by atoms with van der Waals surface area (Å²) in [6.45, 7) is 0.895. The third kappa shape index (κ3) is 3.76. The fourth-order valence-electron chi connectivity index (χ4n) is 2.62. The Morgan fingerprint density at radius 2 is 1.74 bits per heavy atom. The number of rotatable bonds is 3. The van der Waals surface area contributed by atoms with E-state index in [1.165, 1.54) is 5.56 Å². The molecule has 0 bridgehead atoms. The van der Waals surface area contributed by atoms with E-state index in [1.54, 1.807) is 24.3 Å². The molecule has 118 valence electrons. The van der Waals surface area contributed by atoms with Crippen LogP contribution in [0.25, 0.3) is 0 Å². The summed E-state index contributed by atoms with van der Waals surface area (Å²) in [6.07, 6.45) is 0.656. The molecule has 0 fully saturated rings. The van der Waals surface area contributed by atoms with Crippen molar-refractivity contribution in [3.63, 3.8) is 0 Å². The number of benzene rings is 2. The maximum Gasteiger partial charge on any atom is 0.313 e. The van der Waals surface area contributed by atoms with E-state index in [0.717, 1.165) is 12.0 Å². The lowest BCUT2D eigenvalue weighted by molar-refractivity contribution is -0.136. The van der Waals surface area contributed by atoms with Crippen LogP contribution in [0.5, 0.6) is 0 Å². The van der Waals surface area contributed by atoms with Crippen molar-refractivity contribution in [3.8, 4) is 0 Å². The number of anilines is 1. The summed E-state index contributed by atoms with van der Waals surface area (Å²) in [6, 6.07) is 16.9. The van der Waals surface area contributed by atoms with E-state index in [9.17, 15) is 9.59 Å². The number of amides is 2. The molecule has 0 saturated heterocycles. The number of carbonyl (C=O) groups excluding carboxylic acids is 2. The highest BCUT2D eigenvalue weighted by Crippen LogP contribution is 2.26. The molecule has 1 aliphatic rings. The van der Waals surface area contributed by atoms with Crippen LogP contribution in [0.3, 0.4) is 0 Å². The molecule has 0 spiro atoms. The summed E-state index contributed by atoms with van der Waals surface area (Å²) in [4.78, 5) is 23.8. The lowest BCUT2D eigenvalue weighted by Gasteiger charge is -2.26. The van der Waals surface area contributed by atoms with Crippen molar-refractivity contribution in [2.75, 3.05) is 18.5 Å².